The van der Waals surface area contributed by atoms with Crippen LogP contribution in [0.5, 0.6) is 5.75 Å². The Hall–Kier alpha value is -3.92. The van der Waals surface area contributed by atoms with Gasteiger partial charge >= 0.3 is 6.03 Å². The largest absolute Gasteiger partial charge is 0.497 e. The lowest BCUT2D eigenvalue weighted by atomic mass is 10.1. The van der Waals surface area contributed by atoms with Gasteiger partial charge in [-0.3, -0.25) is 4.79 Å². The lowest BCUT2D eigenvalue weighted by Crippen LogP contribution is -2.50. The van der Waals surface area contributed by atoms with Gasteiger partial charge in [-0.25, -0.2) is 9.78 Å². The molecule has 0 bridgehead atoms. The summed E-state index contributed by atoms with van der Waals surface area (Å²) < 4.78 is 6.56. The Kier molecular flexibility index (Phi) is 5.89. The maximum atomic E-state index is 12.8. The summed E-state index contributed by atoms with van der Waals surface area (Å²) in [6, 6.07) is 16.6. The molecule has 0 radical (unpaired) electrons. The summed E-state index contributed by atoms with van der Waals surface area (Å²) >= 11 is 1.40. The van der Waals surface area contributed by atoms with E-state index in [1.54, 1.807) is 18.1 Å². The Balaban J connectivity index is 1.29. The summed E-state index contributed by atoms with van der Waals surface area (Å²) in [6.07, 6.45) is 0. The van der Waals surface area contributed by atoms with E-state index in [0.29, 0.717) is 48.4 Å². The number of hydrogen-bond donors (Lipinski definition) is 1. The summed E-state index contributed by atoms with van der Waals surface area (Å²) in [6.45, 7) is 4.23. The Bertz CT molecular complexity index is 1410. The second kappa shape index (κ2) is 9.14. The smallest absolute Gasteiger partial charge is 0.321 e. The molecule has 2 aromatic heterocycles. The van der Waals surface area contributed by atoms with Gasteiger partial charge in [0.1, 0.15) is 16.6 Å². The molecule has 0 saturated carbocycles. The summed E-state index contributed by atoms with van der Waals surface area (Å²) in [7, 11) is 1.59. The third kappa shape index (κ3) is 4.32. The number of carbonyl (C=O) groups excluding carboxylic acids is 1. The molecule has 174 valence electrons. The van der Waals surface area contributed by atoms with Gasteiger partial charge in [-0.15, -0.1) is 0 Å². The zero-order chi connectivity index (χ0) is 23.7. The third-order valence-electron chi connectivity index (χ3n) is 5.82. The molecule has 0 aliphatic carbocycles. The normalized spacial score (nSPS) is 13.8. The van der Waals surface area contributed by atoms with Gasteiger partial charge in [-0.2, -0.15) is 9.61 Å². The van der Waals surface area contributed by atoms with Crippen molar-refractivity contribution in [1.29, 1.82) is 0 Å². The van der Waals surface area contributed by atoms with Crippen LogP contribution in [-0.2, 0) is 0 Å². The zero-order valence-electron chi connectivity index (χ0n) is 18.9. The van der Waals surface area contributed by atoms with Crippen molar-refractivity contribution in [1.82, 2.24) is 19.5 Å². The topological polar surface area (TPSA) is 92.1 Å². The predicted molar refractivity (Wildman–Crippen MR) is 133 cm³/mol. The number of aryl methyl sites for hydroxylation is 1. The molecule has 4 aromatic rings. The highest BCUT2D eigenvalue weighted by Crippen LogP contribution is 2.28. The van der Waals surface area contributed by atoms with Crippen molar-refractivity contribution in [3.05, 3.63) is 70.5 Å². The minimum atomic E-state index is -0.214. The number of hydrogen-bond acceptors (Lipinski definition) is 7. The lowest BCUT2D eigenvalue weighted by molar-refractivity contribution is 0.208. The van der Waals surface area contributed by atoms with E-state index < -0.39 is 0 Å². The first-order valence-electron chi connectivity index (χ1n) is 10.9. The zero-order valence-corrected chi connectivity index (χ0v) is 19.7. The molecular formula is C24H24N6O3S. The van der Waals surface area contributed by atoms with E-state index in [-0.39, 0.29) is 11.6 Å². The number of benzene rings is 2. The number of amides is 2. The number of fused-ring (bicyclic) bond motifs is 1. The standard InChI is InChI=1S/C24H24N6O3S/c1-16-6-3-4-9-19(16)22-27-30-21(31)15-20(26-24(30)34-22)28-10-12-29(13-11-28)23(32)25-17-7-5-8-18(14-17)33-2/h3-9,14-15H,10-13H2,1-2H3,(H,25,32). The molecule has 1 aliphatic rings. The molecule has 1 N–H and O–H groups in total. The molecule has 2 amide bonds. The Morgan fingerprint density at radius 2 is 1.85 bits per heavy atom. The van der Waals surface area contributed by atoms with Crippen LogP contribution in [-0.4, -0.2) is 58.8 Å². The Labute approximate surface area is 200 Å². The molecule has 1 aliphatic heterocycles. The fourth-order valence-corrected chi connectivity index (χ4v) is 4.92. The van der Waals surface area contributed by atoms with Crippen molar-refractivity contribution in [3.8, 4) is 16.3 Å². The third-order valence-corrected chi connectivity index (χ3v) is 6.76. The van der Waals surface area contributed by atoms with E-state index in [4.69, 9.17) is 9.72 Å². The van der Waals surface area contributed by atoms with E-state index in [2.05, 4.69) is 10.4 Å². The minimum Gasteiger partial charge on any atom is -0.497 e. The number of anilines is 2. The molecule has 5 rings (SSSR count). The molecule has 34 heavy (non-hydrogen) atoms. The van der Waals surface area contributed by atoms with E-state index in [1.165, 1.54) is 21.9 Å². The van der Waals surface area contributed by atoms with Gasteiger partial charge < -0.3 is 19.9 Å². The number of piperazine rings is 1. The molecule has 0 atom stereocenters. The van der Waals surface area contributed by atoms with Crippen LogP contribution in [0.1, 0.15) is 5.56 Å². The van der Waals surface area contributed by atoms with Crippen LogP contribution >= 0.6 is 11.3 Å². The second-order valence-electron chi connectivity index (χ2n) is 8.01. The molecule has 2 aromatic carbocycles. The average Bonchev–Trinajstić information content (AvgIpc) is 3.29. The van der Waals surface area contributed by atoms with Gasteiger partial charge in [-0.1, -0.05) is 41.7 Å². The predicted octanol–water partition coefficient (Wildman–Crippen LogP) is 3.49. The van der Waals surface area contributed by atoms with Gasteiger partial charge in [0.25, 0.3) is 5.56 Å². The number of nitrogens with one attached hydrogen (secondary N) is 1. The summed E-state index contributed by atoms with van der Waals surface area (Å²) in [5.74, 6) is 1.29. The fraction of sp³-hybridized carbons (Fsp3) is 0.250. The van der Waals surface area contributed by atoms with E-state index >= 15 is 0 Å². The number of ether oxygens (including phenoxy) is 1. The summed E-state index contributed by atoms with van der Waals surface area (Å²) in [4.78, 5) is 34.5. The van der Waals surface area contributed by atoms with Gasteiger partial charge in [0.05, 0.1) is 7.11 Å². The quantitative estimate of drug-likeness (QED) is 0.485. The highest BCUT2D eigenvalue weighted by atomic mass is 32.1. The maximum Gasteiger partial charge on any atom is 0.321 e. The molecule has 1 saturated heterocycles. The molecule has 9 nitrogen and oxygen atoms in total. The summed E-state index contributed by atoms with van der Waals surface area (Å²) in [5.41, 5.74) is 2.56. The number of methoxy groups -OCH3 is 1. The van der Waals surface area contributed by atoms with Crippen LogP contribution in [0, 0.1) is 6.92 Å². The highest BCUT2D eigenvalue weighted by molar-refractivity contribution is 7.19. The average molecular weight is 477 g/mol. The van der Waals surface area contributed by atoms with Crippen LogP contribution in [0.15, 0.2) is 59.4 Å². The van der Waals surface area contributed by atoms with Crippen molar-refractivity contribution in [2.24, 2.45) is 0 Å². The highest BCUT2D eigenvalue weighted by Gasteiger charge is 2.23. The van der Waals surface area contributed by atoms with Crippen LogP contribution < -0.4 is 20.5 Å². The van der Waals surface area contributed by atoms with E-state index in [9.17, 15) is 9.59 Å². The first-order valence-corrected chi connectivity index (χ1v) is 11.8. The molecular weight excluding hydrogens is 452 g/mol. The number of nitrogens with zero attached hydrogens (tertiary/aromatic N) is 5. The van der Waals surface area contributed by atoms with Crippen LogP contribution in [0.4, 0.5) is 16.3 Å². The molecule has 0 unspecified atom stereocenters. The number of carbonyl (C=O) groups is 1. The van der Waals surface area contributed by atoms with Crippen LogP contribution in [0.3, 0.4) is 0 Å². The van der Waals surface area contributed by atoms with Crippen molar-refractivity contribution in [3.63, 3.8) is 0 Å². The Morgan fingerprint density at radius 3 is 2.62 bits per heavy atom. The summed E-state index contributed by atoms with van der Waals surface area (Å²) in [5, 5.41) is 8.16. The monoisotopic (exact) mass is 476 g/mol. The van der Waals surface area contributed by atoms with Crippen molar-refractivity contribution >= 4 is 33.8 Å². The number of rotatable bonds is 4. The lowest BCUT2D eigenvalue weighted by Gasteiger charge is -2.35. The van der Waals surface area contributed by atoms with Crippen LogP contribution in [0.2, 0.25) is 0 Å². The molecule has 10 heteroatoms. The van der Waals surface area contributed by atoms with Crippen molar-refractivity contribution in [2.75, 3.05) is 43.5 Å². The number of urea groups is 1. The van der Waals surface area contributed by atoms with Gasteiger partial charge in [-0.05, 0) is 24.6 Å². The first kappa shape index (κ1) is 21.9. The van der Waals surface area contributed by atoms with E-state index in [0.717, 1.165) is 16.1 Å². The SMILES string of the molecule is COc1cccc(NC(=O)N2CCN(c3cc(=O)n4nc(-c5ccccc5C)sc4n3)CC2)c1. The Morgan fingerprint density at radius 1 is 1.06 bits per heavy atom. The van der Waals surface area contributed by atoms with Gasteiger partial charge in [0.15, 0.2) is 0 Å². The first-order chi connectivity index (χ1) is 16.5. The van der Waals surface area contributed by atoms with Gasteiger partial charge in [0, 0.05) is 49.6 Å². The van der Waals surface area contributed by atoms with Gasteiger partial charge in [0.2, 0.25) is 4.96 Å². The van der Waals surface area contributed by atoms with Crippen molar-refractivity contribution < 1.29 is 9.53 Å². The van der Waals surface area contributed by atoms with E-state index in [1.807, 2.05) is 54.3 Å². The minimum absolute atomic E-state index is 0.165. The maximum absolute atomic E-state index is 12.8. The second-order valence-corrected chi connectivity index (χ2v) is 8.96. The van der Waals surface area contributed by atoms with Crippen molar-refractivity contribution in [2.45, 2.75) is 6.92 Å². The molecule has 3 heterocycles. The fourth-order valence-electron chi connectivity index (χ4n) is 3.92. The number of aromatic nitrogens is 3. The van der Waals surface area contributed by atoms with Crippen LogP contribution in [0.25, 0.3) is 15.5 Å². The molecule has 0 spiro atoms. The molecule has 1 fully saturated rings.